The Labute approximate surface area is 235 Å². The third-order valence-corrected chi connectivity index (χ3v) is 9.68. The summed E-state index contributed by atoms with van der Waals surface area (Å²) >= 11 is 0. The fraction of sp³-hybridized carbons (Fsp3) is 0.500. The summed E-state index contributed by atoms with van der Waals surface area (Å²) in [5.74, 6) is 0.628. The van der Waals surface area contributed by atoms with Crippen LogP contribution in [-0.4, -0.2) is 6.61 Å². The topological polar surface area (TPSA) is 9.23 Å². The number of halogens is 2. The van der Waals surface area contributed by atoms with Crippen LogP contribution in [0, 0.1) is 23.0 Å². The first-order valence-electron chi connectivity index (χ1n) is 15.2. The number of rotatable bonds is 11. The Kier molecular flexibility index (Phi) is 9.86. The molecule has 1 aliphatic rings. The zero-order valence-corrected chi connectivity index (χ0v) is 24.6. The minimum absolute atomic E-state index is 0.285. The summed E-state index contributed by atoms with van der Waals surface area (Å²) < 4.78 is 37.0. The van der Waals surface area contributed by atoms with Gasteiger partial charge in [-0.15, -0.1) is 0 Å². The minimum atomic E-state index is -0.799. The van der Waals surface area contributed by atoms with E-state index in [9.17, 15) is 0 Å². The monoisotopic (exact) mass is 532 g/mol. The summed E-state index contributed by atoms with van der Waals surface area (Å²) in [6, 6.07) is 17.2. The van der Waals surface area contributed by atoms with Crippen molar-refractivity contribution in [3.63, 3.8) is 0 Å². The molecule has 0 aromatic heterocycles. The van der Waals surface area contributed by atoms with E-state index in [2.05, 4.69) is 46.8 Å². The highest BCUT2D eigenvalue weighted by molar-refractivity contribution is 5.73. The molecule has 0 spiro atoms. The molecule has 0 unspecified atom stereocenters. The minimum Gasteiger partial charge on any atom is -0.493 e. The van der Waals surface area contributed by atoms with Crippen molar-refractivity contribution in [1.82, 2.24) is 0 Å². The molecule has 1 fully saturated rings. The summed E-state index contributed by atoms with van der Waals surface area (Å²) in [5.41, 5.74) is 4.63. The number of aryl methyl sites for hydroxylation is 1. The van der Waals surface area contributed by atoms with Gasteiger partial charge in [0.2, 0.25) is 0 Å². The number of benzene rings is 3. The van der Waals surface area contributed by atoms with E-state index in [1.807, 2.05) is 30.3 Å². The third-order valence-electron chi connectivity index (χ3n) is 9.68. The second-order valence-corrected chi connectivity index (χ2v) is 11.7. The molecular formula is C36H46F2O. The van der Waals surface area contributed by atoms with Crippen LogP contribution in [0.25, 0.3) is 22.3 Å². The average molecular weight is 533 g/mol. The lowest BCUT2D eigenvalue weighted by molar-refractivity contribution is 0.173. The van der Waals surface area contributed by atoms with Crippen molar-refractivity contribution in [2.24, 2.45) is 11.3 Å². The number of hydrogen-bond acceptors (Lipinski definition) is 1. The molecule has 0 saturated heterocycles. The van der Waals surface area contributed by atoms with Gasteiger partial charge in [0.25, 0.3) is 0 Å². The molecule has 4 rings (SSSR count). The van der Waals surface area contributed by atoms with Crippen LogP contribution in [0.1, 0.15) is 103 Å². The normalized spacial score (nSPS) is 17.8. The van der Waals surface area contributed by atoms with Gasteiger partial charge in [-0.2, -0.15) is 0 Å². The second kappa shape index (κ2) is 13.1. The fourth-order valence-electron chi connectivity index (χ4n) is 6.35. The smallest absolute Gasteiger partial charge is 0.167 e. The van der Waals surface area contributed by atoms with Gasteiger partial charge in [-0.3, -0.25) is 0 Å². The lowest BCUT2D eigenvalue weighted by atomic mass is 9.77. The molecule has 0 atom stereocenters. The van der Waals surface area contributed by atoms with E-state index < -0.39 is 11.6 Å². The van der Waals surface area contributed by atoms with E-state index in [4.69, 9.17) is 4.74 Å². The summed E-state index contributed by atoms with van der Waals surface area (Å²) in [6.45, 7) is 11.8. The average Bonchev–Trinajstić information content (AvgIpc) is 2.98. The van der Waals surface area contributed by atoms with Crippen LogP contribution >= 0.6 is 0 Å². The SMILES string of the molecule is CCc1cc(-c2ccc(-c3ccc(C4CCC(C)CC4)cc3)c(F)c2F)ccc1OCCC(CC)(CC)CC. The number of hydrogen-bond donors (Lipinski definition) is 0. The largest absolute Gasteiger partial charge is 0.493 e. The van der Waals surface area contributed by atoms with Gasteiger partial charge < -0.3 is 4.74 Å². The molecular weight excluding hydrogens is 486 g/mol. The van der Waals surface area contributed by atoms with Gasteiger partial charge in [0, 0.05) is 11.1 Å². The Balaban J connectivity index is 1.51. The Morgan fingerprint density at radius 1 is 0.744 bits per heavy atom. The third kappa shape index (κ3) is 6.56. The molecule has 1 aliphatic carbocycles. The number of ether oxygens (including phenoxy) is 1. The molecule has 3 heteroatoms. The Hall–Kier alpha value is -2.68. The van der Waals surface area contributed by atoms with Crippen LogP contribution in [0.4, 0.5) is 8.78 Å². The Morgan fingerprint density at radius 3 is 1.87 bits per heavy atom. The van der Waals surface area contributed by atoms with Crippen molar-refractivity contribution < 1.29 is 13.5 Å². The quantitative estimate of drug-likeness (QED) is 0.239. The van der Waals surface area contributed by atoms with Gasteiger partial charge in [-0.05, 0) is 77.3 Å². The summed E-state index contributed by atoms with van der Waals surface area (Å²) in [4.78, 5) is 0. The molecule has 0 heterocycles. The Morgan fingerprint density at radius 2 is 1.31 bits per heavy atom. The van der Waals surface area contributed by atoms with E-state index in [0.29, 0.717) is 34.6 Å². The van der Waals surface area contributed by atoms with Gasteiger partial charge in [-0.25, -0.2) is 8.78 Å². The standard InChI is InChI=1S/C36H46F2O/c1-6-26-24-30(18-21-33(26)39-23-22-36(7-2,8-3)9-4)32-20-19-31(34(37)35(32)38)29-16-14-28(15-17-29)27-12-10-25(5)11-13-27/h14-21,24-25,27H,6-13,22-23H2,1-5H3. The zero-order chi connectivity index (χ0) is 28.0. The first-order chi connectivity index (χ1) is 18.8. The van der Waals surface area contributed by atoms with Crippen molar-refractivity contribution >= 4 is 0 Å². The van der Waals surface area contributed by atoms with Gasteiger partial charge >= 0.3 is 0 Å². The van der Waals surface area contributed by atoms with E-state index >= 15 is 8.78 Å². The van der Waals surface area contributed by atoms with E-state index in [1.165, 1.54) is 31.2 Å². The molecule has 3 aromatic carbocycles. The van der Waals surface area contributed by atoms with Crippen molar-refractivity contribution in [2.75, 3.05) is 6.61 Å². The van der Waals surface area contributed by atoms with Crippen LogP contribution in [0.3, 0.4) is 0 Å². The van der Waals surface area contributed by atoms with Gasteiger partial charge in [0.15, 0.2) is 11.6 Å². The van der Waals surface area contributed by atoms with Gasteiger partial charge in [0.05, 0.1) is 6.61 Å². The Bertz CT molecular complexity index is 1210. The molecule has 210 valence electrons. The van der Waals surface area contributed by atoms with E-state index in [0.717, 1.165) is 49.3 Å². The maximum atomic E-state index is 15.4. The maximum Gasteiger partial charge on any atom is 0.167 e. The highest BCUT2D eigenvalue weighted by atomic mass is 19.2. The lowest BCUT2D eigenvalue weighted by Crippen LogP contribution is -2.21. The van der Waals surface area contributed by atoms with Crippen LogP contribution in [-0.2, 0) is 6.42 Å². The van der Waals surface area contributed by atoms with Crippen LogP contribution < -0.4 is 4.74 Å². The summed E-state index contributed by atoms with van der Waals surface area (Å²) in [5, 5.41) is 0. The summed E-state index contributed by atoms with van der Waals surface area (Å²) in [7, 11) is 0. The molecule has 3 aromatic rings. The van der Waals surface area contributed by atoms with Crippen LogP contribution in [0.15, 0.2) is 54.6 Å². The fourth-order valence-corrected chi connectivity index (χ4v) is 6.35. The molecule has 1 saturated carbocycles. The molecule has 1 nitrogen and oxygen atoms in total. The van der Waals surface area contributed by atoms with Gasteiger partial charge in [0.1, 0.15) is 5.75 Å². The summed E-state index contributed by atoms with van der Waals surface area (Å²) in [6.07, 6.45) is 10.2. The van der Waals surface area contributed by atoms with E-state index in [-0.39, 0.29) is 5.56 Å². The van der Waals surface area contributed by atoms with Gasteiger partial charge in [-0.1, -0.05) is 109 Å². The first kappa shape index (κ1) is 29.3. The molecule has 0 amide bonds. The van der Waals surface area contributed by atoms with E-state index in [1.54, 1.807) is 12.1 Å². The lowest BCUT2D eigenvalue weighted by Gasteiger charge is -2.30. The van der Waals surface area contributed by atoms with Crippen molar-refractivity contribution in [3.8, 4) is 28.0 Å². The zero-order valence-electron chi connectivity index (χ0n) is 24.6. The molecule has 39 heavy (non-hydrogen) atoms. The van der Waals surface area contributed by atoms with Crippen LogP contribution in [0.2, 0.25) is 0 Å². The highest BCUT2D eigenvalue weighted by Gasteiger charge is 2.24. The van der Waals surface area contributed by atoms with Crippen LogP contribution in [0.5, 0.6) is 5.75 Å². The predicted molar refractivity (Wildman–Crippen MR) is 160 cm³/mol. The molecule has 0 N–H and O–H groups in total. The van der Waals surface area contributed by atoms with Crippen molar-refractivity contribution in [3.05, 3.63) is 77.4 Å². The van der Waals surface area contributed by atoms with Crippen molar-refractivity contribution in [1.29, 1.82) is 0 Å². The van der Waals surface area contributed by atoms with Crippen molar-refractivity contribution in [2.45, 2.75) is 98.3 Å². The first-order valence-corrected chi connectivity index (χ1v) is 15.2. The molecule has 0 bridgehead atoms. The molecule has 0 aliphatic heterocycles. The maximum absolute atomic E-state index is 15.4. The predicted octanol–water partition coefficient (Wildman–Crippen LogP) is 11.1. The second-order valence-electron chi connectivity index (χ2n) is 11.7. The highest BCUT2D eigenvalue weighted by Crippen LogP contribution is 2.38. The molecule has 0 radical (unpaired) electrons.